The van der Waals surface area contributed by atoms with Gasteiger partial charge in [0.1, 0.15) is 0 Å². The fourth-order valence-corrected chi connectivity index (χ4v) is 2.70. The zero-order valence-electron chi connectivity index (χ0n) is 14.2. The molecule has 136 valence electrons. The second-order valence-corrected chi connectivity index (χ2v) is 7.13. The van der Waals surface area contributed by atoms with Gasteiger partial charge >= 0.3 is 0 Å². The summed E-state index contributed by atoms with van der Waals surface area (Å²) in [4.78, 5) is 6.51. The van der Waals surface area contributed by atoms with Gasteiger partial charge in [0, 0.05) is 20.6 Å². The summed E-state index contributed by atoms with van der Waals surface area (Å²) >= 11 is 0. The minimum Gasteiger partial charge on any atom is -0.352 e. The van der Waals surface area contributed by atoms with Crippen molar-refractivity contribution >= 4 is 40.0 Å². The van der Waals surface area contributed by atoms with Gasteiger partial charge in [-0.1, -0.05) is 42.5 Å². The zero-order chi connectivity index (χ0) is 17.6. The second kappa shape index (κ2) is 9.73. The first-order chi connectivity index (χ1) is 11.4. The number of aliphatic imine (C=N–C) groups is 1. The number of hydrogen-bond acceptors (Lipinski definition) is 3. The summed E-state index contributed by atoms with van der Waals surface area (Å²) in [7, 11) is 0.0998. The van der Waals surface area contributed by atoms with Crippen LogP contribution in [0.4, 0.5) is 0 Å². The Morgan fingerprint density at radius 2 is 1.72 bits per heavy atom. The normalized spacial score (nSPS) is 11.6. The number of guanidine groups is 1. The molecule has 0 aliphatic heterocycles. The molecule has 2 aromatic carbocycles. The van der Waals surface area contributed by atoms with E-state index in [9.17, 15) is 8.42 Å². The van der Waals surface area contributed by atoms with Gasteiger partial charge in [-0.25, -0.2) is 18.5 Å². The van der Waals surface area contributed by atoms with Crippen LogP contribution in [-0.2, 0) is 23.1 Å². The van der Waals surface area contributed by atoms with Crippen molar-refractivity contribution in [2.45, 2.75) is 18.0 Å². The molecule has 0 heterocycles. The van der Waals surface area contributed by atoms with Gasteiger partial charge in [0.25, 0.3) is 0 Å². The van der Waals surface area contributed by atoms with Crippen molar-refractivity contribution in [1.82, 2.24) is 10.2 Å². The van der Waals surface area contributed by atoms with E-state index in [0.717, 1.165) is 17.1 Å². The van der Waals surface area contributed by atoms with Crippen LogP contribution >= 0.6 is 24.0 Å². The molecular weight excluding hydrogens is 451 g/mol. The molecule has 0 spiro atoms. The number of benzene rings is 2. The molecule has 2 aromatic rings. The first-order valence-corrected chi connectivity index (χ1v) is 9.02. The molecule has 8 heteroatoms. The van der Waals surface area contributed by atoms with Gasteiger partial charge in [-0.2, -0.15) is 0 Å². The zero-order valence-corrected chi connectivity index (χ0v) is 17.4. The molecule has 2 rings (SSSR count). The van der Waals surface area contributed by atoms with Gasteiger partial charge in [-0.3, -0.25) is 0 Å². The van der Waals surface area contributed by atoms with Crippen LogP contribution in [-0.4, -0.2) is 33.4 Å². The maximum Gasteiger partial charge on any atom is 0.238 e. The lowest BCUT2D eigenvalue weighted by Crippen LogP contribution is -2.36. The maximum absolute atomic E-state index is 11.4. The number of nitrogens with two attached hydrogens (primary N) is 1. The van der Waals surface area contributed by atoms with Crippen molar-refractivity contribution in [2.75, 3.05) is 14.1 Å². The average molecular weight is 474 g/mol. The number of primary sulfonamides is 1. The highest BCUT2D eigenvalue weighted by Gasteiger charge is 2.08. The highest BCUT2D eigenvalue weighted by atomic mass is 127. The summed E-state index contributed by atoms with van der Waals surface area (Å²) in [6.45, 7) is 1.02. The number of hydrogen-bond donors (Lipinski definition) is 2. The highest BCUT2D eigenvalue weighted by molar-refractivity contribution is 14.0. The average Bonchev–Trinajstić information content (AvgIpc) is 2.55. The summed E-state index contributed by atoms with van der Waals surface area (Å²) in [5.74, 6) is 0.722. The van der Waals surface area contributed by atoms with E-state index in [-0.39, 0.29) is 28.9 Å². The van der Waals surface area contributed by atoms with Gasteiger partial charge in [0.2, 0.25) is 10.0 Å². The predicted molar refractivity (Wildman–Crippen MR) is 111 cm³/mol. The Morgan fingerprint density at radius 3 is 2.32 bits per heavy atom. The molecule has 0 bridgehead atoms. The third-order valence-corrected chi connectivity index (χ3v) is 4.27. The third kappa shape index (κ3) is 7.00. The van der Waals surface area contributed by atoms with Gasteiger partial charge in [0.15, 0.2) is 5.96 Å². The van der Waals surface area contributed by atoms with E-state index in [1.807, 2.05) is 55.4 Å². The van der Waals surface area contributed by atoms with Gasteiger partial charge in [0.05, 0.1) is 11.4 Å². The topological polar surface area (TPSA) is 87.8 Å². The number of rotatable bonds is 5. The largest absolute Gasteiger partial charge is 0.352 e. The van der Waals surface area contributed by atoms with Crippen molar-refractivity contribution in [1.29, 1.82) is 0 Å². The molecular formula is C17H23IN4O2S. The molecule has 0 fully saturated rings. The lowest BCUT2D eigenvalue weighted by atomic mass is 10.2. The predicted octanol–water partition coefficient (Wildman–Crippen LogP) is 2.16. The summed E-state index contributed by atoms with van der Waals surface area (Å²) in [6, 6.07) is 16.5. The van der Waals surface area contributed by atoms with Crippen molar-refractivity contribution < 1.29 is 8.42 Å². The fraction of sp³-hybridized carbons (Fsp3) is 0.235. The Hall–Kier alpha value is -1.65. The van der Waals surface area contributed by atoms with E-state index in [1.165, 1.54) is 6.07 Å². The molecule has 0 aliphatic rings. The van der Waals surface area contributed by atoms with Gasteiger partial charge < -0.3 is 10.2 Å². The Bertz CT molecular complexity index is 808. The van der Waals surface area contributed by atoms with Gasteiger partial charge in [-0.05, 0) is 23.3 Å². The molecule has 3 N–H and O–H groups in total. The van der Waals surface area contributed by atoms with E-state index in [2.05, 4.69) is 10.3 Å². The van der Waals surface area contributed by atoms with E-state index < -0.39 is 10.0 Å². The lowest BCUT2D eigenvalue weighted by Gasteiger charge is -2.17. The summed E-state index contributed by atoms with van der Waals surface area (Å²) in [6.07, 6.45) is 0. The Balaban J connectivity index is 0.00000312. The van der Waals surface area contributed by atoms with Crippen molar-refractivity contribution in [2.24, 2.45) is 10.1 Å². The first-order valence-electron chi connectivity index (χ1n) is 7.47. The lowest BCUT2D eigenvalue weighted by molar-refractivity contribution is 0.578. The molecule has 0 aromatic heterocycles. The molecule has 6 nitrogen and oxygen atoms in total. The SMILES string of the molecule is CN(C)C(=NCc1cccc(S(N)(=O)=O)c1)NCc1ccccc1.I. The quantitative estimate of drug-likeness (QED) is 0.395. The molecule has 0 saturated heterocycles. The third-order valence-electron chi connectivity index (χ3n) is 3.36. The Morgan fingerprint density at radius 1 is 1.08 bits per heavy atom. The van der Waals surface area contributed by atoms with Gasteiger partial charge in [-0.15, -0.1) is 24.0 Å². The standard InChI is InChI=1S/C17H22N4O2S.HI/c1-21(2)17(19-12-14-7-4-3-5-8-14)20-13-15-9-6-10-16(11-15)24(18,22)23;/h3-11H,12-13H2,1-2H3,(H,19,20)(H2,18,22,23);1H. The highest BCUT2D eigenvalue weighted by Crippen LogP contribution is 2.10. The minimum atomic E-state index is -3.70. The van der Waals surface area contributed by atoms with Crippen molar-refractivity contribution in [3.63, 3.8) is 0 Å². The van der Waals surface area contributed by atoms with Crippen LogP contribution in [0.5, 0.6) is 0 Å². The van der Waals surface area contributed by atoms with Crippen LogP contribution in [0.2, 0.25) is 0 Å². The number of nitrogens with one attached hydrogen (secondary N) is 1. The molecule has 0 unspecified atom stereocenters. The van der Waals surface area contributed by atoms with Crippen LogP contribution < -0.4 is 10.5 Å². The van der Waals surface area contributed by atoms with Crippen molar-refractivity contribution in [3.8, 4) is 0 Å². The van der Waals surface area contributed by atoms with E-state index in [4.69, 9.17) is 5.14 Å². The Labute approximate surface area is 166 Å². The van der Waals surface area contributed by atoms with E-state index >= 15 is 0 Å². The Kier molecular flexibility index (Phi) is 8.33. The molecule has 0 aliphatic carbocycles. The van der Waals surface area contributed by atoms with Crippen molar-refractivity contribution in [3.05, 3.63) is 65.7 Å². The van der Waals surface area contributed by atoms with Crippen LogP contribution in [0.25, 0.3) is 0 Å². The molecule has 25 heavy (non-hydrogen) atoms. The number of sulfonamides is 1. The van der Waals surface area contributed by atoms with E-state index in [0.29, 0.717) is 13.1 Å². The molecule has 0 atom stereocenters. The van der Waals surface area contributed by atoms with Crippen LogP contribution in [0, 0.1) is 0 Å². The van der Waals surface area contributed by atoms with E-state index in [1.54, 1.807) is 12.1 Å². The molecule has 0 saturated carbocycles. The van der Waals surface area contributed by atoms with Crippen LogP contribution in [0.3, 0.4) is 0 Å². The number of nitrogens with zero attached hydrogens (tertiary/aromatic N) is 2. The first kappa shape index (κ1) is 21.4. The monoisotopic (exact) mass is 474 g/mol. The summed E-state index contributed by atoms with van der Waals surface area (Å²) in [5, 5.41) is 8.44. The number of halogens is 1. The maximum atomic E-state index is 11.4. The minimum absolute atomic E-state index is 0. The molecule has 0 radical (unpaired) electrons. The van der Waals surface area contributed by atoms with Crippen LogP contribution in [0.1, 0.15) is 11.1 Å². The smallest absolute Gasteiger partial charge is 0.238 e. The van der Waals surface area contributed by atoms with Crippen LogP contribution in [0.15, 0.2) is 64.5 Å². The summed E-state index contributed by atoms with van der Waals surface area (Å²) < 4.78 is 22.8. The fourth-order valence-electron chi connectivity index (χ4n) is 2.12. The second-order valence-electron chi connectivity index (χ2n) is 5.57. The molecule has 0 amide bonds. The summed E-state index contributed by atoms with van der Waals surface area (Å²) in [5.41, 5.74) is 1.94.